The Balaban J connectivity index is 0.00000145. The summed E-state index contributed by atoms with van der Waals surface area (Å²) in [6.07, 6.45) is 5.49. The minimum absolute atomic E-state index is 0.0126. The van der Waals surface area contributed by atoms with E-state index in [0.29, 0.717) is 25.6 Å². The second-order valence-electron chi connectivity index (χ2n) is 7.01. The molecule has 0 spiro atoms. The molecule has 1 aromatic rings. The highest BCUT2D eigenvalue weighted by Crippen LogP contribution is 2.38. The number of carbonyl (C=O) groups excluding carboxylic acids is 1. The van der Waals surface area contributed by atoms with E-state index in [1.807, 2.05) is 18.0 Å². The molecular formula is C23H32FN3O2. The van der Waals surface area contributed by atoms with E-state index in [4.69, 9.17) is 4.74 Å². The number of nitrogens with zero attached hydrogens (tertiary/aromatic N) is 1. The molecule has 1 amide bonds. The minimum Gasteiger partial charge on any atom is -0.367 e. The Labute approximate surface area is 173 Å². The molecule has 0 bridgehead atoms. The molecule has 3 atom stereocenters. The van der Waals surface area contributed by atoms with Crippen molar-refractivity contribution in [2.45, 2.75) is 37.5 Å². The van der Waals surface area contributed by atoms with E-state index in [-0.39, 0.29) is 17.8 Å². The predicted octanol–water partition coefficient (Wildman–Crippen LogP) is 3.11. The van der Waals surface area contributed by atoms with Crippen molar-refractivity contribution in [3.8, 4) is 0 Å². The summed E-state index contributed by atoms with van der Waals surface area (Å²) in [6, 6.07) is 6.30. The van der Waals surface area contributed by atoms with Crippen LogP contribution in [0.4, 0.5) is 4.39 Å². The summed E-state index contributed by atoms with van der Waals surface area (Å²) < 4.78 is 19.3. The first-order valence-corrected chi connectivity index (χ1v) is 9.99. The number of hydrogen-bond donors (Lipinski definition) is 2. The van der Waals surface area contributed by atoms with E-state index >= 15 is 0 Å². The highest BCUT2D eigenvalue weighted by Gasteiger charge is 2.37. The largest absolute Gasteiger partial charge is 0.367 e. The predicted molar refractivity (Wildman–Crippen MR) is 115 cm³/mol. The van der Waals surface area contributed by atoms with Crippen molar-refractivity contribution in [1.29, 1.82) is 0 Å². The molecule has 0 saturated carbocycles. The fourth-order valence-corrected chi connectivity index (χ4v) is 3.92. The number of nitrogens with one attached hydrogen (secondary N) is 1. The van der Waals surface area contributed by atoms with Gasteiger partial charge in [0.15, 0.2) is 0 Å². The van der Waals surface area contributed by atoms with Crippen LogP contribution in [0.3, 0.4) is 0 Å². The number of rotatable bonds is 5. The van der Waals surface area contributed by atoms with Gasteiger partial charge >= 0.3 is 0 Å². The third-order valence-corrected chi connectivity index (χ3v) is 5.49. The first kappa shape index (κ1) is 23.0. The normalized spacial score (nSPS) is 24.4. The Bertz CT molecular complexity index is 737. The van der Waals surface area contributed by atoms with Gasteiger partial charge in [0, 0.05) is 12.6 Å². The van der Waals surface area contributed by atoms with Crippen LogP contribution in [-0.2, 0) is 9.53 Å². The SMILES string of the molecule is C=CC1=C(C=C)[C@H](c2ccc(F)cc2)N(C(=O)C2CCC(NC)CO2)CC1.CN. The second kappa shape index (κ2) is 11.0. The highest BCUT2D eigenvalue weighted by molar-refractivity contribution is 5.82. The summed E-state index contributed by atoms with van der Waals surface area (Å²) in [4.78, 5) is 15.1. The zero-order chi connectivity index (χ0) is 21.4. The molecule has 158 valence electrons. The van der Waals surface area contributed by atoms with Gasteiger partial charge in [-0.15, -0.1) is 0 Å². The van der Waals surface area contributed by atoms with E-state index in [2.05, 4.69) is 24.2 Å². The maximum Gasteiger partial charge on any atom is 0.252 e. The Kier molecular flexibility index (Phi) is 8.76. The molecule has 1 saturated heterocycles. The molecule has 6 heteroatoms. The smallest absolute Gasteiger partial charge is 0.252 e. The molecule has 2 unspecified atom stereocenters. The van der Waals surface area contributed by atoms with Crippen molar-refractivity contribution < 1.29 is 13.9 Å². The molecule has 29 heavy (non-hydrogen) atoms. The Morgan fingerprint density at radius 2 is 1.93 bits per heavy atom. The maximum atomic E-state index is 13.4. The summed E-state index contributed by atoms with van der Waals surface area (Å²) in [5.74, 6) is -0.310. The number of amides is 1. The fourth-order valence-electron chi connectivity index (χ4n) is 3.92. The van der Waals surface area contributed by atoms with Gasteiger partial charge < -0.3 is 20.7 Å². The lowest BCUT2D eigenvalue weighted by Crippen LogP contribution is -2.49. The molecule has 2 aliphatic heterocycles. The van der Waals surface area contributed by atoms with Crippen LogP contribution in [0.5, 0.6) is 0 Å². The van der Waals surface area contributed by atoms with E-state index < -0.39 is 6.10 Å². The molecule has 1 fully saturated rings. The summed E-state index contributed by atoms with van der Waals surface area (Å²) >= 11 is 0. The molecule has 3 N–H and O–H groups in total. The monoisotopic (exact) mass is 401 g/mol. The van der Waals surface area contributed by atoms with Crippen LogP contribution in [0.2, 0.25) is 0 Å². The molecule has 2 heterocycles. The van der Waals surface area contributed by atoms with Gasteiger partial charge in [-0.3, -0.25) is 4.79 Å². The zero-order valence-corrected chi connectivity index (χ0v) is 17.4. The van der Waals surface area contributed by atoms with Crippen LogP contribution in [-0.4, -0.2) is 50.2 Å². The number of halogens is 1. The minimum atomic E-state index is -0.436. The fraction of sp³-hybridized carbons (Fsp3) is 0.435. The first-order chi connectivity index (χ1) is 14.1. The number of allylic oxidation sites excluding steroid dienone is 1. The van der Waals surface area contributed by atoms with Gasteiger partial charge in [0.25, 0.3) is 5.91 Å². The van der Waals surface area contributed by atoms with Gasteiger partial charge in [0.1, 0.15) is 11.9 Å². The molecule has 0 aliphatic carbocycles. The van der Waals surface area contributed by atoms with Crippen molar-refractivity contribution in [3.05, 3.63) is 72.1 Å². The van der Waals surface area contributed by atoms with Crippen LogP contribution in [0.25, 0.3) is 0 Å². The van der Waals surface area contributed by atoms with Gasteiger partial charge in [-0.25, -0.2) is 4.39 Å². The van der Waals surface area contributed by atoms with Crippen LogP contribution in [0.15, 0.2) is 60.7 Å². The average molecular weight is 402 g/mol. The van der Waals surface area contributed by atoms with E-state index in [9.17, 15) is 9.18 Å². The van der Waals surface area contributed by atoms with Gasteiger partial charge in [0.2, 0.25) is 0 Å². The Morgan fingerprint density at radius 1 is 1.24 bits per heavy atom. The third-order valence-electron chi connectivity index (χ3n) is 5.49. The van der Waals surface area contributed by atoms with E-state index in [0.717, 1.165) is 29.6 Å². The van der Waals surface area contributed by atoms with Crippen molar-refractivity contribution in [3.63, 3.8) is 0 Å². The van der Waals surface area contributed by atoms with Gasteiger partial charge in [-0.05, 0) is 62.2 Å². The van der Waals surface area contributed by atoms with Crippen molar-refractivity contribution in [2.24, 2.45) is 5.73 Å². The number of nitrogens with two attached hydrogens (primary N) is 1. The van der Waals surface area contributed by atoms with E-state index in [1.54, 1.807) is 18.2 Å². The van der Waals surface area contributed by atoms with Gasteiger partial charge in [-0.2, -0.15) is 0 Å². The standard InChI is InChI=1S/C22H27FN2O2.CH5N/c1-4-15-12-13-25(22(26)20-11-10-18(24-3)14-27-20)21(19(15)5-2)16-6-8-17(23)9-7-16;1-2/h4-9,18,20-21,24H,1-2,10-14H2,3H3;2H2,1H3/t18?,20?,21-;/m0./s1. The first-order valence-electron chi connectivity index (χ1n) is 9.99. The lowest BCUT2D eigenvalue weighted by molar-refractivity contribution is -0.149. The number of carbonyl (C=O) groups is 1. The summed E-state index contributed by atoms with van der Waals surface area (Å²) in [5.41, 5.74) is 7.38. The summed E-state index contributed by atoms with van der Waals surface area (Å²) in [5, 5.41) is 3.20. The molecule has 0 aromatic heterocycles. The summed E-state index contributed by atoms with van der Waals surface area (Å²) in [6.45, 7) is 8.96. The van der Waals surface area contributed by atoms with E-state index in [1.165, 1.54) is 19.2 Å². The van der Waals surface area contributed by atoms with Crippen LogP contribution >= 0.6 is 0 Å². The number of likely N-dealkylation sites (N-methyl/N-ethyl adjacent to an activating group) is 1. The molecule has 3 rings (SSSR count). The van der Waals surface area contributed by atoms with Crippen LogP contribution in [0.1, 0.15) is 30.9 Å². The summed E-state index contributed by atoms with van der Waals surface area (Å²) in [7, 11) is 3.41. The topological polar surface area (TPSA) is 67.6 Å². The Hall–Kier alpha value is -2.28. The highest BCUT2D eigenvalue weighted by atomic mass is 19.1. The molecule has 5 nitrogen and oxygen atoms in total. The molecular weight excluding hydrogens is 369 g/mol. The zero-order valence-electron chi connectivity index (χ0n) is 17.4. The number of benzene rings is 1. The van der Waals surface area contributed by atoms with Gasteiger partial charge in [0.05, 0.1) is 12.6 Å². The van der Waals surface area contributed by atoms with Crippen LogP contribution in [0, 0.1) is 5.82 Å². The Morgan fingerprint density at radius 3 is 2.45 bits per heavy atom. The maximum absolute atomic E-state index is 13.4. The van der Waals surface area contributed by atoms with Gasteiger partial charge in [-0.1, -0.05) is 37.4 Å². The molecule has 1 aromatic carbocycles. The van der Waals surface area contributed by atoms with Crippen molar-refractivity contribution >= 4 is 5.91 Å². The number of hydrogen-bond acceptors (Lipinski definition) is 4. The lowest BCUT2D eigenvalue weighted by atomic mass is 9.87. The third kappa shape index (κ3) is 5.21. The lowest BCUT2D eigenvalue weighted by Gasteiger charge is -2.40. The quantitative estimate of drug-likeness (QED) is 0.796. The van der Waals surface area contributed by atoms with Crippen molar-refractivity contribution in [1.82, 2.24) is 10.2 Å². The van der Waals surface area contributed by atoms with Crippen LogP contribution < -0.4 is 11.1 Å². The number of ether oxygens (including phenoxy) is 1. The van der Waals surface area contributed by atoms with Crippen molar-refractivity contribution in [2.75, 3.05) is 27.2 Å². The molecule has 2 aliphatic rings. The average Bonchev–Trinajstić information content (AvgIpc) is 2.79. The molecule has 0 radical (unpaired) electrons. The second-order valence-corrected chi connectivity index (χ2v) is 7.01.